The van der Waals surface area contributed by atoms with Gasteiger partial charge in [-0.1, -0.05) is 13.0 Å². The van der Waals surface area contributed by atoms with Crippen molar-refractivity contribution in [3.63, 3.8) is 0 Å². The molecule has 0 spiro atoms. The number of benzene rings is 1. The van der Waals surface area contributed by atoms with Gasteiger partial charge in [0.05, 0.1) is 18.2 Å². The van der Waals surface area contributed by atoms with Gasteiger partial charge in [0, 0.05) is 5.69 Å². The summed E-state index contributed by atoms with van der Waals surface area (Å²) >= 11 is 5.86. The van der Waals surface area contributed by atoms with E-state index < -0.39 is 0 Å². The maximum Gasteiger partial charge on any atom is 0.322 e. The summed E-state index contributed by atoms with van der Waals surface area (Å²) in [6, 6.07) is 7.58. The first-order chi connectivity index (χ1) is 10.1. The topological polar surface area (TPSA) is 83.7 Å². The number of nitriles is 1. The van der Waals surface area contributed by atoms with Crippen LogP contribution in [-0.2, 0) is 0 Å². The molecule has 7 heteroatoms. The Kier molecular flexibility index (Phi) is 4.90. The van der Waals surface area contributed by atoms with Crippen LogP contribution < -0.4 is 10.1 Å². The van der Waals surface area contributed by atoms with Crippen LogP contribution in [-0.4, -0.2) is 21.6 Å². The van der Waals surface area contributed by atoms with Gasteiger partial charge < -0.3 is 10.1 Å². The molecule has 0 aliphatic heterocycles. The SMILES string of the molecule is CCCOc1nc(Cl)nc(Nc2cc(C#N)ccc2C)n1. The highest BCUT2D eigenvalue weighted by Gasteiger charge is 2.08. The lowest BCUT2D eigenvalue weighted by Gasteiger charge is -2.09. The van der Waals surface area contributed by atoms with E-state index in [1.54, 1.807) is 12.1 Å². The molecule has 108 valence electrons. The molecule has 1 N–H and O–H groups in total. The van der Waals surface area contributed by atoms with Crippen LogP contribution in [0.2, 0.25) is 5.28 Å². The van der Waals surface area contributed by atoms with Crippen LogP contribution in [0, 0.1) is 18.3 Å². The smallest absolute Gasteiger partial charge is 0.322 e. The lowest BCUT2D eigenvalue weighted by atomic mass is 10.1. The number of nitrogens with one attached hydrogen (secondary N) is 1. The number of anilines is 2. The Morgan fingerprint density at radius 1 is 1.33 bits per heavy atom. The van der Waals surface area contributed by atoms with Gasteiger partial charge >= 0.3 is 6.01 Å². The second-order valence-electron chi connectivity index (χ2n) is 4.33. The third-order valence-corrected chi connectivity index (χ3v) is 2.81. The number of halogens is 1. The first-order valence-corrected chi connectivity index (χ1v) is 6.82. The largest absolute Gasteiger partial charge is 0.463 e. The highest BCUT2D eigenvalue weighted by atomic mass is 35.5. The van der Waals surface area contributed by atoms with Gasteiger partial charge in [0.15, 0.2) is 0 Å². The number of rotatable bonds is 5. The molecule has 1 heterocycles. The Balaban J connectivity index is 2.27. The number of nitrogens with zero attached hydrogens (tertiary/aromatic N) is 4. The van der Waals surface area contributed by atoms with E-state index in [9.17, 15) is 0 Å². The molecular formula is C14H14ClN5O. The van der Waals surface area contributed by atoms with Gasteiger partial charge in [0.2, 0.25) is 11.2 Å². The van der Waals surface area contributed by atoms with E-state index in [0.29, 0.717) is 12.2 Å². The average molecular weight is 304 g/mol. The second-order valence-corrected chi connectivity index (χ2v) is 4.66. The minimum absolute atomic E-state index is 0.0488. The fraction of sp³-hybridized carbons (Fsp3) is 0.286. The molecule has 1 aromatic carbocycles. The molecule has 0 aliphatic carbocycles. The van der Waals surface area contributed by atoms with Crippen molar-refractivity contribution in [1.82, 2.24) is 15.0 Å². The lowest BCUT2D eigenvalue weighted by molar-refractivity contribution is 0.292. The lowest BCUT2D eigenvalue weighted by Crippen LogP contribution is -2.05. The zero-order valence-electron chi connectivity index (χ0n) is 11.7. The molecule has 21 heavy (non-hydrogen) atoms. The molecule has 0 unspecified atom stereocenters. The summed E-state index contributed by atoms with van der Waals surface area (Å²) in [6.07, 6.45) is 0.843. The summed E-state index contributed by atoms with van der Waals surface area (Å²) in [7, 11) is 0. The zero-order chi connectivity index (χ0) is 15.2. The Bertz CT molecular complexity index is 684. The number of ether oxygens (including phenoxy) is 1. The van der Waals surface area contributed by atoms with Crippen LogP contribution in [0.15, 0.2) is 18.2 Å². The minimum Gasteiger partial charge on any atom is -0.463 e. The molecule has 0 radical (unpaired) electrons. The molecule has 0 aliphatic rings. The van der Waals surface area contributed by atoms with E-state index in [0.717, 1.165) is 17.7 Å². The molecule has 0 atom stereocenters. The number of aryl methyl sites for hydroxylation is 1. The van der Waals surface area contributed by atoms with E-state index in [1.165, 1.54) is 0 Å². The molecule has 0 fully saturated rings. The van der Waals surface area contributed by atoms with E-state index >= 15 is 0 Å². The van der Waals surface area contributed by atoms with Crippen molar-refractivity contribution in [1.29, 1.82) is 5.26 Å². The van der Waals surface area contributed by atoms with Gasteiger partial charge in [-0.15, -0.1) is 0 Å². The van der Waals surface area contributed by atoms with Crippen molar-refractivity contribution < 1.29 is 4.74 Å². The molecule has 0 saturated heterocycles. The van der Waals surface area contributed by atoms with Gasteiger partial charge in [-0.2, -0.15) is 20.2 Å². The fourth-order valence-corrected chi connectivity index (χ4v) is 1.74. The Hall–Kier alpha value is -2.39. The average Bonchev–Trinajstić information content (AvgIpc) is 2.47. The van der Waals surface area contributed by atoms with Crippen LogP contribution in [0.1, 0.15) is 24.5 Å². The van der Waals surface area contributed by atoms with Crippen LogP contribution in [0.3, 0.4) is 0 Å². The third kappa shape index (κ3) is 4.04. The number of aromatic nitrogens is 3. The van der Waals surface area contributed by atoms with Gasteiger partial charge in [-0.3, -0.25) is 0 Å². The third-order valence-electron chi connectivity index (χ3n) is 2.64. The second kappa shape index (κ2) is 6.86. The van der Waals surface area contributed by atoms with E-state index in [4.69, 9.17) is 21.6 Å². The highest BCUT2D eigenvalue weighted by molar-refractivity contribution is 6.28. The Morgan fingerprint density at radius 2 is 2.14 bits per heavy atom. The Morgan fingerprint density at radius 3 is 2.86 bits per heavy atom. The van der Waals surface area contributed by atoms with Crippen molar-refractivity contribution in [3.8, 4) is 12.1 Å². The summed E-state index contributed by atoms with van der Waals surface area (Å²) < 4.78 is 5.35. The molecule has 2 aromatic rings. The van der Waals surface area contributed by atoms with Crippen LogP contribution in [0.4, 0.5) is 11.6 Å². The maximum absolute atomic E-state index is 8.94. The van der Waals surface area contributed by atoms with E-state index in [-0.39, 0.29) is 17.2 Å². The van der Waals surface area contributed by atoms with Crippen molar-refractivity contribution in [2.45, 2.75) is 20.3 Å². The molecule has 2 rings (SSSR count). The summed E-state index contributed by atoms with van der Waals surface area (Å²) in [5, 5.41) is 12.0. The summed E-state index contributed by atoms with van der Waals surface area (Å²) in [6.45, 7) is 4.40. The predicted molar refractivity (Wildman–Crippen MR) is 79.8 cm³/mol. The first kappa shape index (κ1) is 15.0. The summed E-state index contributed by atoms with van der Waals surface area (Å²) in [5.41, 5.74) is 2.24. The maximum atomic E-state index is 8.94. The highest BCUT2D eigenvalue weighted by Crippen LogP contribution is 2.21. The van der Waals surface area contributed by atoms with Gasteiger partial charge in [0.1, 0.15) is 0 Å². The molecule has 6 nitrogen and oxygen atoms in total. The van der Waals surface area contributed by atoms with Gasteiger partial charge in [-0.25, -0.2) is 0 Å². The summed E-state index contributed by atoms with van der Waals surface area (Å²) in [5.74, 6) is 0.277. The van der Waals surface area contributed by atoms with Crippen LogP contribution in [0.5, 0.6) is 6.01 Å². The van der Waals surface area contributed by atoms with Crippen molar-refractivity contribution in [2.24, 2.45) is 0 Å². The molecular weight excluding hydrogens is 290 g/mol. The van der Waals surface area contributed by atoms with Crippen molar-refractivity contribution in [2.75, 3.05) is 11.9 Å². The first-order valence-electron chi connectivity index (χ1n) is 6.44. The van der Waals surface area contributed by atoms with Crippen molar-refractivity contribution in [3.05, 3.63) is 34.6 Å². The van der Waals surface area contributed by atoms with Gasteiger partial charge in [0.25, 0.3) is 0 Å². The standard InChI is InChI=1S/C14H14ClN5O/c1-3-6-21-14-19-12(15)18-13(20-14)17-11-7-10(8-16)5-4-9(11)2/h4-5,7H,3,6H2,1-2H3,(H,17,18,19,20). The quantitative estimate of drug-likeness (QED) is 0.913. The molecule has 0 bridgehead atoms. The minimum atomic E-state index is 0.0488. The fourth-order valence-electron chi connectivity index (χ4n) is 1.59. The number of hydrogen-bond acceptors (Lipinski definition) is 6. The van der Waals surface area contributed by atoms with Gasteiger partial charge in [-0.05, 0) is 42.6 Å². The number of hydrogen-bond donors (Lipinski definition) is 1. The van der Waals surface area contributed by atoms with Crippen molar-refractivity contribution >= 4 is 23.2 Å². The van der Waals surface area contributed by atoms with E-state index in [1.807, 2.05) is 19.9 Å². The predicted octanol–water partition coefficient (Wildman–Crippen LogP) is 3.24. The molecule has 1 aromatic heterocycles. The molecule has 0 amide bonds. The zero-order valence-corrected chi connectivity index (χ0v) is 12.5. The van der Waals surface area contributed by atoms with Crippen LogP contribution >= 0.6 is 11.6 Å². The normalized spacial score (nSPS) is 10.0. The Labute approximate surface area is 127 Å². The van der Waals surface area contributed by atoms with Crippen LogP contribution in [0.25, 0.3) is 0 Å². The monoisotopic (exact) mass is 303 g/mol. The molecule has 0 saturated carbocycles. The summed E-state index contributed by atoms with van der Waals surface area (Å²) in [4.78, 5) is 12.0. The van der Waals surface area contributed by atoms with E-state index in [2.05, 4.69) is 26.3 Å².